The monoisotopic (exact) mass is 348 g/mol. The van der Waals surface area contributed by atoms with Gasteiger partial charge in [0.15, 0.2) is 0 Å². The molecule has 1 N–H and O–H groups in total. The van der Waals surface area contributed by atoms with E-state index >= 15 is 0 Å². The molecule has 0 aliphatic heterocycles. The first-order chi connectivity index (χ1) is 12.7. The predicted octanol–water partition coefficient (Wildman–Crippen LogP) is 2.26. The lowest BCUT2D eigenvalue weighted by Gasteiger charge is -2.22. The van der Waals surface area contributed by atoms with Gasteiger partial charge in [0.25, 0.3) is 5.91 Å². The number of hydrogen-bond donors (Lipinski definition) is 1. The van der Waals surface area contributed by atoms with E-state index in [2.05, 4.69) is 10.3 Å². The summed E-state index contributed by atoms with van der Waals surface area (Å²) in [5.41, 5.74) is 2.39. The maximum atomic E-state index is 12.7. The number of nitrogens with zero attached hydrogens (tertiary/aromatic N) is 3. The minimum atomic E-state index is -0.232. The molecule has 26 heavy (non-hydrogen) atoms. The largest absolute Gasteiger partial charge is 0.343 e. The maximum absolute atomic E-state index is 12.7. The van der Waals surface area contributed by atoms with Crippen molar-refractivity contribution in [2.45, 2.75) is 25.4 Å². The average Bonchev–Trinajstić information content (AvgIpc) is 3.45. The van der Waals surface area contributed by atoms with E-state index in [1.54, 1.807) is 30.5 Å². The van der Waals surface area contributed by atoms with Gasteiger partial charge >= 0.3 is 0 Å². The van der Waals surface area contributed by atoms with Crippen molar-refractivity contribution >= 4 is 17.5 Å². The third-order valence-corrected chi connectivity index (χ3v) is 4.57. The van der Waals surface area contributed by atoms with E-state index in [4.69, 9.17) is 0 Å². The van der Waals surface area contributed by atoms with Crippen LogP contribution in [0.5, 0.6) is 0 Å². The molecule has 6 nitrogen and oxygen atoms in total. The number of carbonyl (C=O) groups is 2. The Morgan fingerprint density at radius 3 is 2.65 bits per heavy atom. The van der Waals surface area contributed by atoms with Crippen LogP contribution in [0, 0.1) is 0 Å². The molecule has 4 rings (SSSR count). The summed E-state index contributed by atoms with van der Waals surface area (Å²) in [5, 5.41) is 2.73. The number of pyridine rings is 1. The molecule has 132 valence electrons. The molecule has 0 bridgehead atoms. The summed E-state index contributed by atoms with van der Waals surface area (Å²) >= 11 is 0. The molecule has 2 heterocycles. The van der Waals surface area contributed by atoms with Gasteiger partial charge < -0.3 is 14.6 Å². The van der Waals surface area contributed by atoms with E-state index < -0.39 is 0 Å². The van der Waals surface area contributed by atoms with Crippen LogP contribution in [0.15, 0.2) is 60.9 Å². The number of nitrogens with one attached hydrogen (secondary N) is 1. The number of carbonyl (C=O) groups excluding carboxylic acids is 2. The van der Waals surface area contributed by atoms with E-state index in [0.717, 1.165) is 24.2 Å². The number of imidazole rings is 1. The van der Waals surface area contributed by atoms with Crippen molar-refractivity contribution in [3.05, 3.63) is 72.2 Å². The van der Waals surface area contributed by atoms with Crippen LogP contribution in [0.25, 0.3) is 5.65 Å². The number of hydrogen-bond acceptors (Lipinski definition) is 3. The van der Waals surface area contributed by atoms with Crippen LogP contribution in [0.2, 0.25) is 0 Å². The van der Waals surface area contributed by atoms with Crippen LogP contribution >= 0.6 is 0 Å². The molecular weight excluding hydrogens is 328 g/mol. The Morgan fingerprint density at radius 2 is 1.88 bits per heavy atom. The Morgan fingerprint density at radius 1 is 1.12 bits per heavy atom. The number of rotatable bonds is 6. The second kappa shape index (κ2) is 7.00. The molecule has 1 aromatic carbocycles. The lowest BCUT2D eigenvalue weighted by Crippen LogP contribution is -2.41. The molecule has 3 aromatic rings. The minimum absolute atomic E-state index is 0.000956. The van der Waals surface area contributed by atoms with Gasteiger partial charge in [-0.1, -0.05) is 24.3 Å². The predicted molar refractivity (Wildman–Crippen MR) is 97.5 cm³/mol. The van der Waals surface area contributed by atoms with Crippen LogP contribution in [0.3, 0.4) is 0 Å². The van der Waals surface area contributed by atoms with Gasteiger partial charge in [0.05, 0.1) is 25.0 Å². The van der Waals surface area contributed by atoms with Gasteiger partial charge in [0, 0.05) is 17.8 Å². The average molecular weight is 348 g/mol. The van der Waals surface area contributed by atoms with Gasteiger partial charge in [-0.2, -0.15) is 0 Å². The molecule has 0 spiro atoms. The molecule has 6 heteroatoms. The molecule has 1 aliphatic rings. The van der Waals surface area contributed by atoms with Crippen molar-refractivity contribution in [3.8, 4) is 0 Å². The number of aromatic nitrogens is 2. The fourth-order valence-electron chi connectivity index (χ4n) is 3.03. The summed E-state index contributed by atoms with van der Waals surface area (Å²) in [6.07, 6.45) is 5.77. The highest BCUT2D eigenvalue weighted by Crippen LogP contribution is 2.28. The topological polar surface area (TPSA) is 66.7 Å². The zero-order chi connectivity index (χ0) is 17.9. The van der Waals surface area contributed by atoms with Crippen LogP contribution in [0.4, 0.5) is 0 Å². The van der Waals surface area contributed by atoms with E-state index in [1.807, 2.05) is 39.8 Å². The second-order valence-electron chi connectivity index (χ2n) is 6.48. The van der Waals surface area contributed by atoms with E-state index in [-0.39, 0.29) is 24.4 Å². The zero-order valence-electron chi connectivity index (χ0n) is 14.3. The molecule has 1 aliphatic carbocycles. The van der Waals surface area contributed by atoms with Crippen molar-refractivity contribution < 1.29 is 9.59 Å². The lowest BCUT2D eigenvalue weighted by molar-refractivity contribution is -0.131. The number of benzene rings is 1. The fourth-order valence-corrected chi connectivity index (χ4v) is 3.03. The highest BCUT2D eigenvalue weighted by molar-refractivity contribution is 5.96. The smallest absolute Gasteiger partial charge is 0.251 e. The Labute approximate surface area is 151 Å². The molecule has 0 radical (unpaired) electrons. The summed E-state index contributed by atoms with van der Waals surface area (Å²) in [5.74, 6) is -0.299. The molecule has 1 fully saturated rings. The van der Waals surface area contributed by atoms with Crippen molar-refractivity contribution in [2.24, 2.45) is 0 Å². The summed E-state index contributed by atoms with van der Waals surface area (Å²) in [7, 11) is 0. The summed E-state index contributed by atoms with van der Waals surface area (Å²) in [4.78, 5) is 31.1. The second-order valence-corrected chi connectivity index (χ2v) is 6.48. The van der Waals surface area contributed by atoms with E-state index in [0.29, 0.717) is 12.1 Å². The molecule has 0 atom stereocenters. The first-order valence-corrected chi connectivity index (χ1v) is 8.76. The van der Waals surface area contributed by atoms with E-state index in [1.165, 1.54) is 0 Å². The summed E-state index contributed by atoms with van der Waals surface area (Å²) in [6.45, 7) is 0.497. The minimum Gasteiger partial charge on any atom is -0.343 e. The lowest BCUT2D eigenvalue weighted by atomic mass is 10.2. The van der Waals surface area contributed by atoms with Crippen LogP contribution in [-0.4, -0.2) is 38.7 Å². The molecule has 0 unspecified atom stereocenters. The Bertz CT molecular complexity index is 931. The zero-order valence-corrected chi connectivity index (χ0v) is 14.3. The van der Waals surface area contributed by atoms with Crippen LogP contribution in [0.1, 0.15) is 28.9 Å². The summed E-state index contributed by atoms with van der Waals surface area (Å²) < 4.78 is 1.99. The highest BCUT2D eigenvalue weighted by atomic mass is 16.2. The molecule has 2 amide bonds. The van der Waals surface area contributed by atoms with Gasteiger partial charge in [-0.25, -0.2) is 4.98 Å². The maximum Gasteiger partial charge on any atom is 0.251 e. The van der Waals surface area contributed by atoms with Crippen molar-refractivity contribution in [2.75, 3.05) is 6.54 Å². The van der Waals surface area contributed by atoms with Crippen LogP contribution < -0.4 is 5.32 Å². The van der Waals surface area contributed by atoms with Gasteiger partial charge in [-0.15, -0.1) is 0 Å². The van der Waals surface area contributed by atoms with Gasteiger partial charge in [0.1, 0.15) is 5.65 Å². The Hall–Kier alpha value is -3.15. The highest BCUT2D eigenvalue weighted by Gasteiger charge is 2.33. The van der Waals surface area contributed by atoms with Gasteiger partial charge in [0.2, 0.25) is 5.91 Å². The molecule has 1 saturated carbocycles. The fraction of sp³-hybridized carbons (Fsp3) is 0.250. The molecule has 2 aromatic heterocycles. The first kappa shape index (κ1) is 16.3. The molecule has 0 saturated heterocycles. The summed E-state index contributed by atoms with van der Waals surface area (Å²) in [6, 6.07) is 15.0. The van der Waals surface area contributed by atoms with Crippen molar-refractivity contribution in [1.29, 1.82) is 0 Å². The Kier molecular flexibility index (Phi) is 4.39. The number of amides is 2. The van der Waals surface area contributed by atoms with Gasteiger partial charge in [-0.05, 0) is 37.1 Å². The Balaban J connectivity index is 1.43. The normalized spacial score (nSPS) is 13.5. The number of fused-ring (bicyclic) bond motifs is 1. The van der Waals surface area contributed by atoms with E-state index in [9.17, 15) is 9.59 Å². The SMILES string of the molecule is O=C(NCC(=O)N(Cc1cnc2ccccn12)C1CC1)c1ccccc1. The molecular formula is C20H20N4O2. The standard InChI is InChI=1S/C20H20N4O2/c25-19(13-22-20(26)15-6-2-1-3-7-15)24(16-9-10-16)14-17-12-21-18-8-4-5-11-23(17)18/h1-8,11-12,16H,9-10,13-14H2,(H,22,26). The van der Waals surface area contributed by atoms with Gasteiger partial charge in [-0.3, -0.25) is 9.59 Å². The van der Waals surface area contributed by atoms with Crippen molar-refractivity contribution in [3.63, 3.8) is 0 Å². The third kappa shape index (κ3) is 3.44. The first-order valence-electron chi connectivity index (χ1n) is 8.76. The van der Waals surface area contributed by atoms with Crippen LogP contribution in [-0.2, 0) is 11.3 Å². The quantitative estimate of drug-likeness (QED) is 0.743. The third-order valence-electron chi connectivity index (χ3n) is 4.57. The van der Waals surface area contributed by atoms with Crippen molar-refractivity contribution in [1.82, 2.24) is 19.6 Å².